The van der Waals surface area contributed by atoms with E-state index in [-0.39, 0.29) is 12.3 Å². The molecule has 202 valence electrons. The Balaban J connectivity index is 1.29. The summed E-state index contributed by atoms with van der Waals surface area (Å²) in [5.74, 6) is -0.147. The summed E-state index contributed by atoms with van der Waals surface area (Å²) in [5, 5.41) is 4.46. The Hall–Kier alpha value is -4.55. The molecule has 0 aliphatic heterocycles. The van der Waals surface area contributed by atoms with E-state index in [1.807, 2.05) is 115 Å². The highest BCUT2D eigenvalue weighted by Crippen LogP contribution is 2.27. The highest BCUT2D eigenvalue weighted by molar-refractivity contribution is 6.30. The minimum atomic E-state index is -0.851. The number of halogens is 1. The molecule has 5 rings (SSSR count). The summed E-state index contributed by atoms with van der Waals surface area (Å²) in [5.41, 5.74) is 5.35. The molecular weight excluding hydrogens is 524 g/mol. The van der Waals surface area contributed by atoms with Crippen LogP contribution < -0.4 is 10.1 Å². The van der Waals surface area contributed by atoms with Crippen LogP contribution in [-0.4, -0.2) is 29.6 Å². The summed E-state index contributed by atoms with van der Waals surface area (Å²) in [6.45, 7) is 0.466. The maximum Gasteiger partial charge on any atom is 0.328 e. The molecule has 0 aliphatic rings. The van der Waals surface area contributed by atoms with Crippen molar-refractivity contribution in [2.75, 3.05) is 7.11 Å². The number of nitrogens with zero attached hydrogens (tertiary/aromatic N) is 1. The van der Waals surface area contributed by atoms with Crippen molar-refractivity contribution in [3.8, 4) is 16.9 Å². The van der Waals surface area contributed by atoms with Crippen LogP contribution in [0, 0.1) is 0 Å². The first kappa shape index (κ1) is 27.0. The minimum absolute atomic E-state index is 0.280. The molecule has 0 spiro atoms. The largest absolute Gasteiger partial charge is 0.489 e. The molecular formula is C33H29ClN2O4. The number of carbonyl (C=O) groups is 2. The van der Waals surface area contributed by atoms with Crippen molar-refractivity contribution >= 4 is 34.4 Å². The molecule has 1 aromatic heterocycles. The first-order chi connectivity index (χ1) is 19.4. The molecule has 1 heterocycles. The maximum atomic E-state index is 13.3. The molecule has 0 aliphatic carbocycles. The first-order valence-corrected chi connectivity index (χ1v) is 13.3. The number of esters is 1. The second-order valence-electron chi connectivity index (χ2n) is 9.54. The number of rotatable bonds is 9. The van der Waals surface area contributed by atoms with Gasteiger partial charge in [-0.05, 0) is 64.7 Å². The lowest BCUT2D eigenvalue weighted by atomic mass is 10.0. The lowest BCUT2D eigenvalue weighted by Gasteiger charge is -2.17. The van der Waals surface area contributed by atoms with Gasteiger partial charge < -0.3 is 19.4 Å². The van der Waals surface area contributed by atoms with Gasteiger partial charge in [0.2, 0.25) is 0 Å². The molecule has 5 aromatic rings. The highest BCUT2D eigenvalue weighted by Gasteiger charge is 2.24. The summed E-state index contributed by atoms with van der Waals surface area (Å²) in [6, 6.07) is 32.0. The molecule has 1 N–H and O–H groups in total. The molecule has 0 bridgehead atoms. The number of amides is 1. The Labute approximate surface area is 238 Å². The average molecular weight is 553 g/mol. The molecule has 0 saturated heterocycles. The van der Waals surface area contributed by atoms with Crippen molar-refractivity contribution in [3.63, 3.8) is 0 Å². The van der Waals surface area contributed by atoms with Gasteiger partial charge in [0.25, 0.3) is 5.91 Å². The van der Waals surface area contributed by atoms with Gasteiger partial charge >= 0.3 is 5.97 Å². The van der Waals surface area contributed by atoms with Crippen LogP contribution >= 0.6 is 11.6 Å². The van der Waals surface area contributed by atoms with Crippen LogP contribution in [0.2, 0.25) is 5.02 Å². The number of nitrogens with one attached hydrogen (secondary N) is 1. The van der Waals surface area contributed by atoms with Gasteiger partial charge in [-0.3, -0.25) is 4.79 Å². The van der Waals surface area contributed by atoms with E-state index >= 15 is 0 Å². The van der Waals surface area contributed by atoms with Crippen molar-refractivity contribution in [2.45, 2.75) is 19.1 Å². The van der Waals surface area contributed by atoms with E-state index < -0.39 is 12.0 Å². The van der Waals surface area contributed by atoms with E-state index in [1.165, 1.54) is 7.11 Å². The van der Waals surface area contributed by atoms with Crippen LogP contribution in [0.1, 0.15) is 21.6 Å². The number of methoxy groups -OCH3 is 1. The zero-order chi connectivity index (χ0) is 28.1. The first-order valence-electron chi connectivity index (χ1n) is 12.9. The third-order valence-electron chi connectivity index (χ3n) is 6.86. The smallest absolute Gasteiger partial charge is 0.328 e. The van der Waals surface area contributed by atoms with E-state index in [0.29, 0.717) is 17.3 Å². The maximum absolute atomic E-state index is 13.3. The third-order valence-corrected chi connectivity index (χ3v) is 7.11. The third kappa shape index (κ3) is 6.19. The Bertz CT molecular complexity index is 1630. The number of hydrogen-bond donors (Lipinski definition) is 1. The fraction of sp³-hybridized carbons (Fsp3) is 0.152. The molecule has 4 aromatic carbocycles. The number of fused-ring (bicyclic) bond motifs is 1. The van der Waals surface area contributed by atoms with Gasteiger partial charge in [-0.15, -0.1) is 0 Å². The van der Waals surface area contributed by atoms with Gasteiger partial charge in [-0.1, -0.05) is 72.3 Å². The van der Waals surface area contributed by atoms with Gasteiger partial charge in [0.15, 0.2) is 0 Å². The Kier molecular flexibility index (Phi) is 8.18. The van der Waals surface area contributed by atoms with Gasteiger partial charge in [-0.2, -0.15) is 0 Å². The summed E-state index contributed by atoms with van der Waals surface area (Å²) < 4.78 is 12.7. The molecule has 1 unspecified atom stereocenters. The number of benzene rings is 4. The second kappa shape index (κ2) is 12.1. The number of carbonyl (C=O) groups excluding carboxylic acids is 2. The molecule has 7 heteroatoms. The lowest BCUT2D eigenvalue weighted by Crippen LogP contribution is -2.43. The Morgan fingerprint density at radius 2 is 1.55 bits per heavy atom. The molecule has 0 radical (unpaired) electrons. The van der Waals surface area contributed by atoms with Gasteiger partial charge in [0.1, 0.15) is 24.1 Å². The Morgan fingerprint density at radius 1 is 0.850 bits per heavy atom. The average Bonchev–Trinajstić information content (AvgIpc) is 3.32. The van der Waals surface area contributed by atoms with Crippen LogP contribution in [0.25, 0.3) is 22.0 Å². The Morgan fingerprint density at radius 3 is 2.25 bits per heavy atom. The number of aryl methyl sites for hydroxylation is 1. The van der Waals surface area contributed by atoms with E-state index in [1.54, 1.807) is 0 Å². The quantitative estimate of drug-likeness (QED) is 0.209. The van der Waals surface area contributed by atoms with Crippen molar-refractivity contribution < 1.29 is 19.1 Å². The van der Waals surface area contributed by atoms with E-state index in [9.17, 15) is 9.59 Å². The van der Waals surface area contributed by atoms with Gasteiger partial charge in [-0.25, -0.2) is 4.79 Å². The predicted octanol–water partition coefficient (Wildman–Crippen LogP) is 6.59. The zero-order valence-electron chi connectivity index (χ0n) is 22.3. The lowest BCUT2D eigenvalue weighted by molar-refractivity contribution is -0.142. The molecule has 0 fully saturated rings. The van der Waals surface area contributed by atoms with Crippen LogP contribution in [-0.2, 0) is 29.6 Å². The van der Waals surface area contributed by atoms with E-state index in [0.717, 1.165) is 38.9 Å². The van der Waals surface area contributed by atoms with Gasteiger partial charge in [0, 0.05) is 29.4 Å². The standard InChI is InChI=1S/C33H29ClN2O4/c1-36-30-17-12-25(24-10-13-27(34)14-11-24)19-26(30)20-31(36)32(37)35-29(33(38)39-2)18-22-8-15-28(16-9-22)40-21-23-6-4-3-5-7-23/h3-17,19-20,29H,18,21H2,1-2H3,(H,35,37). The monoisotopic (exact) mass is 552 g/mol. The van der Waals surface area contributed by atoms with E-state index in [2.05, 4.69) is 5.32 Å². The predicted molar refractivity (Wildman–Crippen MR) is 158 cm³/mol. The summed E-state index contributed by atoms with van der Waals surface area (Å²) in [7, 11) is 3.15. The van der Waals surface area contributed by atoms with Crippen molar-refractivity contribution in [3.05, 3.63) is 125 Å². The second-order valence-corrected chi connectivity index (χ2v) is 9.98. The topological polar surface area (TPSA) is 69.6 Å². The zero-order valence-corrected chi connectivity index (χ0v) is 23.0. The van der Waals surface area contributed by atoms with Crippen LogP contribution in [0.4, 0.5) is 0 Å². The normalized spacial score (nSPS) is 11.7. The van der Waals surface area contributed by atoms with Crippen molar-refractivity contribution in [1.29, 1.82) is 0 Å². The van der Waals surface area contributed by atoms with E-state index in [4.69, 9.17) is 21.1 Å². The van der Waals surface area contributed by atoms with Gasteiger partial charge in [0.05, 0.1) is 7.11 Å². The SMILES string of the molecule is COC(=O)C(Cc1ccc(OCc2ccccc2)cc1)NC(=O)c1cc2cc(-c3ccc(Cl)cc3)ccc2n1C. The molecule has 0 saturated carbocycles. The molecule has 6 nitrogen and oxygen atoms in total. The number of hydrogen-bond acceptors (Lipinski definition) is 4. The fourth-order valence-corrected chi connectivity index (χ4v) is 4.78. The van der Waals surface area contributed by atoms with Crippen molar-refractivity contribution in [1.82, 2.24) is 9.88 Å². The fourth-order valence-electron chi connectivity index (χ4n) is 4.66. The van der Waals surface area contributed by atoms with Crippen LogP contribution in [0.5, 0.6) is 5.75 Å². The van der Waals surface area contributed by atoms with Crippen LogP contribution in [0.3, 0.4) is 0 Å². The molecule has 40 heavy (non-hydrogen) atoms. The molecule has 1 amide bonds. The summed E-state index contributed by atoms with van der Waals surface area (Å²) in [6.07, 6.45) is 0.280. The molecule has 1 atom stereocenters. The summed E-state index contributed by atoms with van der Waals surface area (Å²) >= 11 is 6.03. The highest BCUT2D eigenvalue weighted by atomic mass is 35.5. The summed E-state index contributed by atoms with van der Waals surface area (Å²) in [4.78, 5) is 26.0. The number of aromatic nitrogens is 1. The minimum Gasteiger partial charge on any atom is -0.489 e. The van der Waals surface area contributed by atoms with Crippen LogP contribution in [0.15, 0.2) is 103 Å². The number of ether oxygens (including phenoxy) is 2. The van der Waals surface area contributed by atoms with Crippen molar-refractivity contribution in [2.24, 2.45) is 7.05 Å².